The Morgan fingerprint density at radius 3 is 2.32 bits per heavy atom. The van der Waals surface area contributed by atoms with Crippen molar-refractivity contribution in [2.75, 3.05) is 31.5 Å². The number of nitrogens with two attached hydrogens (primary N) is 1. The fourth-order valence-corrected chi connectivity index (χ4v) is 5.09. The number of carbonyl (C=O) groups is 2. The summed E-state index contributed by atoms with van der Waals surface area (Å²) in [5.41, 5.74) is 9.15. The molecule has 1 saturated heterocycles. The highest BCUT2D eigenvalue weighted by atomic mass is 32.2. The third-order valence-electron chi connectivity index (χ3n) is 6.38. The Morgan fingerprint density at radius 1 is 1.03 bits per heavy atom. The predicted octanol–water partition coefficient (Wildman–Crippen LogP) is 2.35. The van der Waals surface area contributed by atoms with Gasteiger partial charge in [-0.2, -0.15) is 0 Å². The molecule has 8 nitrogen and oxygen atoms in total. The molecule has 0 aliphatic carbocycles. The Labute approximate surface area is 202 Å². The summed E-state index contributed by atoms with van der Waals surface area (Å²) < 4.78 is 27.3. The van der Waals surface area contributed by atoms with E-state index in [-0.39, 0.29) is 35.6 Å². The zero-order valence-electron chi connectivity index (χ0n) is 19.8. The number of hydrogen-bond acceptors (Lipinski definition) is 5. The smallest absolute Gasteiger partial charge is 0.240 e. The molecule has 184 valence electrons. The van der Waals surface area contributed by atoms with E-state index >= 15 is 0 Å². The summed E-state index contributed by atoms with van der Waals surface area (Å²) in [7, 11) is -3.65. The summed E-state index contributed by atoms with van der Waals surface area (Å²) >= 11 is 0. The van der Waals surface area contributed by atoms with Crippen molar-refractivity contribution in [3.05, 3.63) is 59.2 Å². The van der Waals surface area contributed by atoms with Crippen LogP contribution < -0.4 is 15.8 Å². The van der Waals surface area contributed by atoms with Crippen LogP contribution in [0.3, 0.4) is 0 Å². The second-order valence-electron chi connectivity index (χ2n) is 8.91. The summed E-state index contributed by atoms with van der Waals surface area (Å²) in [5.74, 6) is -0.454. The number of hydrogen-bond donors (Lipinski definition) is 3. The number of nitrogens with zero attached hydrogens (tertiary/aromatic N) is 1. The molecule has 1 aliphatic rings. The van der Waals surface area contributed by atoms with E-state index in [2.05, 4.69) is 14.9 Å². The molecule has 0 unspecified atom stereocenters. The molecular formula is C25H34N4O4S. The van der Waals surface area contributed by atoms with Crippen molar-refractivity contribution in [2.24, 2.45) is 11.7 Å². The minimum Gasteiger partial charge on any atom is -0.369 e. The van der Waals surface area contributed by atoms with Crippen LogP contribution in [-0.2, 0) is 26.0 Å². The maximum atomic E-state index is 12.4. The van der Waals surface area contributed by atoms with Crippen molar-refractivity contribution < 1.29 is 18.0 Å². The van der Waals surface area contributed by atoms with Gasteiger partial charge in [0.25, 0.3) is 0 Å². The number of aryl methyl sites for hydroxylation is 2. The van der Waals surface area contributed by atoms with Gasteiger partial charge in [0.15, 0.2) is 0 Å². The van der Waals surface area contributed by atoms with Gasteiger partial charge in [0.05, 0.1) is 4.90 Å². The molecule has 0 aromatic heterocycles. The number of primary amides is 1. The number of rotatable bonds is 10. The fraction of sp³-hybridized carbons (Fsp3) is 0.440. The molecule has 9 heteroatoms. The van der Waals surface area contributed by atoms with Crippen LogP contribution in [0.5, 0.6) is 0 Å². The lowest BCUT2D eigenvalue weighted by atomic mass is 9.96. The normalized spacial score (nSPS) is 15.2. The molecule has 3 rings (SSSR count). The van der Waals surface area contributed by atoms with Gasteiger partial charge in [-0.05, 0) is 87.2 Å². The number of likely N-dealkylation sites (tertiary alicyclic amines) is 1. The second kappa shape index (κ2) is 11.6. The van der Waals surface area contributed by atoms with Crippen LogP contribution in [0.2, 0.25) is 0 Å². The topological polar surface area (TPSA) is 122 Å². The number of carbonyl (C=O) groups excluding carboxylic acids is 2. The van der Waals surface area contributed by atoms with Crippen LogP contribution in [0, 0.1) is 19.8 Å². The molecule has 0 spiro atoms. The summed E-state index contributed by atoms with van der Waals surface area (Å²) in [6, 6.07) is 12.6. The number of benzene rings is 2. The molecule has 4 N–H and O–H groups in total. The van der Waals surface area contributed by atoms with Crippen molar-refractivity contribution >= 4 is 27.5 Å². The highest BCUT2D eigenvalue weighted by Crippen LogP contribution is 2.18. The van der Waals surface area contributed by atoms with Crippen molar-refractivity contribution in [2.45, 2.75) is 44.4 Å². The molecule has 2 aromatic carbocycles. The number of nitrogens with one attached hydrogen (secondary N) is 2. The molecule has 0 radical (unpaired) electrons. The number of sulfonamides is 1. The Bertz CT molecular complexity index is 1110. The van der Waals surface area contributed by atoms with Crippen LogP contribution in [0.4, 0.5) is 5.69 Å². The SMILES string of the molecule is Cc1ccc(S(=O)(=O)NCCC(=O)Nc2ccc(CCN3CCC(C(N)=O)CC3)cc2)cc1C. The van der Waals surface area contributed by atoms with Crippen LogP contribution in [0.25, 0.3) is 0 Å². The Hall–Kier alpha value is -2.75. The van der Waals surface area contributed by atoms with Gasteiger partial charge >= 0.3 is 0 Å². The standard InChI is InChI=1S/C25H34N4O4S/c1-18-3-8-23(17-19(18)2)34(32,33)27-13-9-24(30)28-22-6-4-20(5-7-22)10-14-29-15-11-21(12-16-29)25(26)31/h3-8,17,21,27H,9-16H2,1-2H3,(H2,26,31)(H,28,30). The van der Waals surface area contributed by atoms with E-state index in [9.17, 15) is 18.0 Å². The van der Waals surface area contributed by atoms with E-state index < -0.39 is 10.0 Å². The summed E-state index contributed by atoms with van der Waals surface area (Å²) in [6.45, 7) is 6.49. The summed E-state index contributed by atoms with van der Waals surface area (Å²) in [5, 5.41) is 2.80. The minimum absolute atomic E-state index is 0.00116. The third-order valence-corrected chi connectivity index (χ3v) is 7.84. The molecule has 1 fully saturated rings. The first-order chi connectivity index (χ1) is 16.1. The zero-order chi connectivity index (χ0) is 24.7. The van der Waals surface area contributed by atoms with E-state index in [0.717, 1.165) is 55.6 Å². The van der Waals surface area contributed by atoms with Gasteiger partial charge in [-0.3, -0.25) is 9.59 Å². The number of piperidine rings is 1. The van der Waals surface area contributed by atoms with E-state index in [1.54, 1.807) is 18.2 Å². The van der Waals surface area contributed by atoms with Gasteiger partial charge in [-0.15, -0.1) is 0 Å². The Morgan fingerprint density at radius 2 is 1.71 bits per heavy atom. The first-order valence-corrected chi connectivity index (χ1v) is 13.1. The maximum Gasteiger partial charge on any atom is 0.240 e. The van der Waals surface area contributed by atoms with Gasteiger partial charge in [-0.25, -0.2) is 13.1 Å². The quantitative estimate of drug-likeness (QED) is 0.476. The maximum absolute atomic E-state index is 12.4. The van der Waals surface area contributed by atoms with Gasteiger partial charge in [0.2, 0.25) is 21.8 Å². The highest BCUT2D eigenvalue weighted by molar-refractivity contribution is 7.89. The monoisotopic (exact) mass is 486 g/mol. The van der Waals surface area contributed by atoms with Crippen LogP contribution in [0.15, 0.2) is 47.4 Å². The molecule has 0 saturated carbocycles. The molecular weight excluding hydrogens is 452 g/mol. The molecule has 2 amide bonds. The zero-order valence-corrected chi connectivity index (χ0v) is 20.7. The first-order valence-electron chi connectivity index (χ1n) is 11.6. The van der Waals surface area contributed by atoms with Crippen molar-refractivity contribution in [3.63, 3.8) is 0 Å². The van der Waals surface area contributed by atoms with Gasteiger partial charge < -0.3 is 16.0 Å². The lowest BCUT2D eigenvalue weighted by Crippen LogP contribution is -2.39. The molecule has 2 aromatic rings. The lowest BCUT2D eigenvalue weighted by molar-refractivity contribution is -0.123. The summed E-state index contributed by atoms with van der Waals surface area (Å²) in [6.07, 6.45) is 2.56. The molecule has 1 aliphatic heterocycles. The third kappa shape index (κ3) is 7.38. The average Bonchev–Trinajstić information content (AvgIpc) is 2.80. The van der Waals surface area contributed by atoms with Gasteiger partial charge in [0, 0.05) is 31.1 Å². The molecule has 1 heterocycles. The number of amides is 2. The van der Waals surface area contributed by atoms with Crippen molar-refractivity contribution in [3.8, 4) is 0 Å². The van der Waals surface area contributed by atoms with Crippen LogP contribution in [-0.4, -0.2) is 51.3 Å². The van der Waals surface area contributed by atoms with E-state index in [0.29, 0.717) is 5.69 Å². The molecule has 0 atom stereocenters. The Kier molecular flexibility index (Phi) is 8.82. The minimum atomic E-state index is -3.65. The predicted molar refractivity (Wildman–Crippen MR) is 133 cm³/mol. The molecule has 34 heavy (non-hydrogen) atoms. The second-order valence-corrected chi connectivity index (χ2v) is 10.7. The molecule has 0 bridgehead atoms. The van der Waals surface area contributed by atoms with Crippen LogP contribution in [0.1, 0.15) is 36.0 Å². The van der Waals surface area contributed by atoms with Gasteiger partial charge in [-0.1, -0.05) is 18.2 Å². The average molecular weight is 487 g/mol. The van der Waals surface area contributed by atoms with E-state index in [1.165, 1.54) is 0 Å². The highest BCUT2D eigenvalue weighted by Gasteiger charge is 2.22. The van der Waals surface area contributed by atoms with Crippen molar-refractivity contribution in [1.29, 1.82) is 0 Å². The fourth-order valence-electron chi connectivity index (χ4n) is 3.97. The first kappa shape index (κ1) is 25.9. The number of anilines is 1. The van der Waals surface area contributed by atoms with Crippen molar-refractivity contribution in [1.82, 2.24) is 9.62 Å². The largest absolute Gasteiger partial charge is 0.369 e. The van der Waals surface area contributed by atoms with E-state index in [1.807, 2.05) is 38.1 Å². The van der Waals surface area contributed by atoms with Gasteiger partial charge in [0.1, 0.15) is 0 Å². The van der Waals surface area contributed by atoms with E-state index in [4.69, 9.17) is 5.73 Å². The summed E-state index contributed by atoms with van der Waals surface area (Å²) in [4.78, 5) is 26.1. The van der Waals surface area contributed by atoms with Crippen LogP contribution >= 0.6 is 0 Å². The Balaban J connectivity index is 1.39. The lowest BCUT2D eigenvalue weighted by Gasteiger charge is -2.30.